The fourth-order valence-electron chi connectivity index (χ4n) is 8.55. The molecule has 0 bridgehead atoms. The van der Waals surface area contributed by atoms with E-state index >= 15 is 8.78 Å². The second-order valence-electron chi connectivity index (χ2n) is 11.7. The lowest BCUT2D eigenvalue weighted by molar-refractivity contribution is -0.249. The first-order valence-electron chi connectivity index (χ1n) is 11.6. The predicted molar refractivity (Wildman–Crippen MR) is 113 cm³/mol. The molecule has 0 aromatic carbocycles. The van der Waals surface area contributed by atoms with Crippen LogP contribution in [-0.4, -0.2) is 63.3 Å². The van der Waals surface area contributed by atoms with Crippen molar-refractivity contribution in [2.24, 2.45) is 22.7 Å². The van der Waals surface area contributed by atoms with E-state index in [9.17, 15) is 19.8 Å². The van der Waals surface area contributed by atoms with E-state index in [-0.39, 0.29) is 24.8 Å². The monoisotopic (exact) mass is 466 g/mol. The van der Waals surface area contributed by atoms with Gasteiger partial charge >= 0.3 is 0 Å². The number of ether oxygens (including phenoxy) is 2. The third-order valence-corrected chi connectivity index (χ3v) is 9.58. The van der Waals surface area contributed by atoms with Crippen molar-refractivity contribution in [1.29, 1.82) is 0 Å². The molecule has 1 heterocycles. The molecule has 0 aromatic heterocycles. The Morgan fingerprint density at radius 1 is 1.15 bits per heavy atom. The van der Waals surface area contributed by atoms with E-state index in [2.05, 4.69) is 0 Å². The van der Waals surface area contributed by atoms with Crippen LogP contribution in [0.1, 0.15) is 53.9 Å². The minimum atomic E-state index is -2.25. The number of carbonyl (C=O) groups is 2. The first kappa shape index (κ1) is 23.3. The van der Waals surface area contributed by atoms with Gasteiger partial charge in [-0.15, -0.1) is 0 Å². The number of ketones is 2. The first-order valence-corrected chi connectivity index (χ1v) is 11.6. The van der Waals surface area contributed by atoms with Crippen LogP contribution >= 0.6 is 0 Å². The Morgan fingerprint density at radius 3 is 2.45 bits per heavy atom. The molecule has 4 fully saturated rings. The van der Waals surface area contributed by atoms with Crippen molar-refractivity contribution in [3.05, 3.63) is 23.8 Å². The van der Waals surface area contributed by atoms with Crippen LogP contribution in [0, 0.1) is 22.7 Å². The number of allylic oxidation sites excluding steroid dienone is 4. The molecule has 8 heteroatoms. The number of aliphatic hydroxyl groups is 2. The van der Waals surface area contributed by atoms with Gasteiger partial charge in [0, 0.05) is 16.7 Å². The third kappa shape index (κ3) is 2.41. The molecular formula is C25H32F2O6. The third-order valence-electron chi connectivity index (χ3n) is 9.58. The van der Waals surface area contributed by atoms with Crippen LogP contribution in [0.2, 0.25) is 0 Å². The molecule has 5 aliphatic rings. The molecule has 182 valence electrons. The average molecular weight is 467 g/mol. The van der Waals surface area contributed by atoms with Gasteiger partial charge in [0.15, 0.2) is 28.6 Å². The number of Topliss-reactive ketones (excluding diaryl/α,β-unsaturated/α-hetero) is 1. The Morgan fingerprint density at radius 2 is 1.82 bits per heavy atom. The van der Waals surface area contributed by atoms with Crippen LogP contribution in [-0.2, 0) is 19.1 Å². The highest BCUT2D eigenvalue weighted by Crippen LogP contribution is 2.74. The van der Waals surface area contributed by atoms with Gasteiger partial charge in [0.05, 0.1) is 6.10 Å². The van der Waals surface area contributed by atoms with Gasteiger partial charge in [-0.2, -0.15) is 0 Å². The van der Waals surface area contributed by atoms with Crippen molar-refractivity contribution in [1.82, 2.24) is 0 Å². The van der Waals surface area contributed by atoms with E-state index in [1.165, 1.54) is 19.1 Å². The van der Waals surface area contributed by atoms with Gasteiger partial charge in [-0.3, -0.25) is 9.59 Å². The Balaban J connectivity index is 1.70. The number of hydrogen-bond acceptors (Lipinski definition) is 6. The van der Waals surface area contributed by atoms with E-state index in [1.807, 2.05) is 0 Å². The van der Waals surface area contributed by atoms with Crippen molar-refractivity contribution < 1.29 is 38.1 Å². The van der Waals surface area contributed by atoms with Crippen LogP contribution < -0.4 is 0 Å². The summed E-state index contributed by atoms with van der Waals surface area (Å²) in [5.41, 5.74) is -7.63. The normalized spacial score (nSPS) is 54.2. The molecule has 1 aliphatic heterocycles. The fourth-order valence-corrected chi connectivity index (χ4v) is 8.55. The molecule has 33 heavy (non-hydrogen) atoms. The Labute approximate surface area is 192 Å². The number of alkyl halides is 2. The largest absolute Gasteiger partial charge is 0.390 e. The maximum atomic E-state index is 17.3. The van der Waals surface area contributed by atoms with Crippen molar-refractivity contribution in [3.63, 3.8) is 0 Å². The molecule has 6 nitrogen and oxygen atoms in total. The van der Waals surface area contributed by atoms with E-state index < -0.39 is 75.8 Å². The molecule has 4 aliphatic carbocycles. The first-order chi connectivity index (χ1) is 15.1. The molecule has 1 saturated heterocycles. The van der Waals surface area contributed by atoms with E-state index in [0.29, 0.717) is 0 Å². The molecule has 0 spiro atoms. The van der Waals surface area contributed by atoms with E-state index in [1.54, 1.807) is 27.7 Å². The molecule has 5 rings (SSSR count). The standard InChI is InChI=1S/C25H32F2O6/c1-20(2)32-23(5)10-16-14-9-17(26)15-8-13(29)6-7-21(15,3)24(14,27)18(30)11-22(16,4)25(23,33-20)19(31)12-28/h6-8,14,16-18,28,30H,9-12H2,1-5H3/t14-,16-,17-,18-,21-,22-,23+,24-,25-/m0/s1. The minimum absolute atomic E-state index is 0.0515. The molecule has 0 unspecified atom stereocenters. The lowest BCUT2D eigenvalue weighted by Crippen LogP contribution is -2.71. The van der Waals surface area contributed by atoms with Gasteiger partial charge in [0.25, 0.3) is 0 Å². The summed E-state index contributed by atoms with van der Waals surface area (Å²) < 4.78 is 45.3. The van der Waals surface area contributed by atoms with Crippen LogP contribution in [0.25, 0.3) is 0 Å². The zero-order chi connectivity index (χ0) is 24.4. The fraction of sp³-hybridized carbons (Fsp3) is 0.760. The van der Waals surface area contributed by atoms with Gasteiger partial charge in [-0.05, 0) is 70.6 Å². The predicted octanol–water partition coefficient (Wildman–Crippen LogP) is 2.76. The van der Waals surface area contributed by atoms with Crippen LogP contribution in [0.15, 0.2) is 23.8 Å². The van der Waals surface area contributed by atoms with Gasteiger partial charge in [0.2, 0.25) is 0 Å². The summed E-state index contributed by atoms with van der Waals surface area (Å²) in [6.07, 6.45) is 0.509. The van der Waals surface area contributed by atoms with E-state index in [4.69, 9.17) is 9.47 Å². The summed E-state index contributed by atoms with van der Waals surface area (Å²) in [4.78, 5) is 25.3. The maximum Gasteiger partial charge on any atom is 0.193 e. The van der Waals surface area contributed by atoms with Crippen LogP contribution in [0.4, 0.5) is 8.78 Å². The highest BCUT2D eigenvalue weighted by molar-refractivity contribution is 6.01. The summed E-state index contributed by atoms with van der Waals surface area (Å²) in [5.74, 6) is -3.64. The summed E-state index contributed by atoms with van der Waals surface area (Å²) in [7, 11) is 0. The highest BCUT2D eigenvalue weighted by atomic mass is 19.1. The highest BCUT2D eigenvalue weighted by Gasteiger charge is 2.83. The SMILES string of the molecule is CC1(C)O[C@]2(C(=O)CO)[C@@](C)(C[C@H]3[C@@H]4C[C@H](F)C5=CC(=O)C=C[C@]5(C)[C@@]4(F)[C@@H](O)C[C@@]32C)O1. The Kier molecular flexibility index (Phi) is 4.51. The summed E-state index contributed by atoms with van der Waals surface area (Å²) in [6.45, 7) is 7.60. The Hall–Kier alpha value is -1.48. The molecule has 3 saturated carbocycles. The molecule has 9 atom stereocenters. The van der Waals surface area contributed by atoms with Gasteiger partial charge in [0.1, 0.15) is 18.4 Å². The Bertz CT molecular complexity index is 1010. The number of hydrogen-bond donors (Lipinski definition) is 2. The molecule has 0 aromatic rings. The maximum absolute atomic E-state index is 17.3. The van der Waals surface area contributed by atoms with Crippen LogP contribution in [0.5, 0.6) is 0 Å². The van der Waals surface area contributed by atoms with Crippen molar-refractivity contribution in [2.75, 3.05) is 6.61 Å². The quantitative estimate of drug-likeness (QED) is 0.650. The zero-order valence-electron chi connectivity index (χ0n) is 19.7. The average Bonchev–Trinajstić information content (AvgIpc) is 3.05. The summed E-state index contributed by atoms with van der Waals surface area (Å²) >= 11 is 0. The summed E-state index contributed by atoms with van der Waals surface area (Å²) in [5, 5.41) is 21.3. The van der Waals surface area contributed by atoms with Gasteiger partial charge in [-0.1, -0.05) is 13.0 Å². The topological polar surface area (TPSA) is 93.1 Å². The number of halogens is 2. The van der Waals surface area contributed by atoms with Crippen molar-refractivity contribution >= 4 is 11.6 Å². The smallest absolute Gasteiger partial charge is 0.193 e. The van der Waals surface area contributed by atoms with Gasteiger partial charge in [-0.25, -0.2) is 8.78 Å². The van der Waals surface area contributed by atoms with Crippen molar-refractivity contribution in [2.45, 2.75) is 88.8 Å². The number of carbonyl (C=O) groups excluding carboxylic acids is 2. The molecule has 0 amide bonds. The number of rotatable bonds is 2. The second-order valence-corrected chi connectivity index (χ2v) is 11.7. The minimum Gasteiger partial charge on any atom is -0.390 e. The summed E-state index contributed by atoms with van der Waals surface area (Å²) in [6, 6.07) is 0. The molecule has 2 N–H and O–H groups in total. The number of aliphatic hydroxyl groups excluding tert-OH is 2. The lowest BCUT2D eigenvalue weighted by Gasteiger charge is -2.63. The van der Waals surface area contributed by atoms with Gasteiger partial charge < -0.3 is 19.7 Å². The molecular weight excluding hydrogens is 434 g/mol. The molecule has 0 radical (unpaired) electrons. The van der Waals surface area contributed by atoms with Crippen LogP contribution in [0.3, 0.4) is 0 Å². The lowest BCUT2D eigenvalue weighted by atomic mass is 9.44. The number of fused-ring (bicyclic) bond motifs is 7. The van der Waals surface area contributed by atoms with E-state index in [0.717, 1.165) is 6.08 Å². The van der Waals surface area contributed by atoms with Crippen molar-refractivity contribution in [3.8, 4) is 0 Å². The second kappa shape index (κ2) is 6.39. The zero-order valence-corrected chi connectivity index (χ0v) is 19.7.